The second kappa shape index (κ2) is 6.92. The number of hydrogen-bond acceptors (Lipinski definition) is 3. The SMILES string of the molecule is Cc1cc(C=c2sc3nc4ccccc4n3c2=O)c(C)n1-c1ccc(C(C)(C)C)cc1. The molecule has 0 saturated carbocycles. The molecule has 0 unspecified atom stereocenters. The minimum Gasteiger partial charge on any atom is -0.318 e. The number of benzene rings is 2. The summed E-state index contributed by atoms with van der Waals surface area (Å²) >= 11 is 1.44. The Morgan fingerprint density at radius 1 is 1.00 bits per heavy atom. The minimum absolute atomic E-state index is 0.00645. The molecule has 5 heteroatoms. The molecule has 0 spiro atoms. The molecule has 156 valence electrons. The van der Waals surface area contributed by atoms with Gasteiger partial charge in [-0.05, 0) is 66.8 Å². The van der Waals surface area contributed by atoms with Crippen LogP contribution in [-0.4, -0.2) is 14.0 Å². The maximum absolute atomic E-state index is 13.1. The molecular formula is C26H25N3OS. The van der Waals surface area contributed by atoms with E-state index in [4.69, 9.17) is 0 Å². The smallest absolute Gasteiger partial charge is 0.274 e. The molecule has 0 bridgehead atoms. The van der Waals surface area contributed by atoms with Gasteiger partial charge in [-0.25, -0.2) is 9.38 Å². The number of fused-ring (bicyclic) bond motifs is 3. The Labute approximate surface area is 185 Å². The van der Waals surface area contributed by atoms with Gasteiger partial charge < -0.3 is 4.57 Å². The van der Waals surface area contributed by atoms with Gasteiger partial charge in [-0.1, -0.05) is 56.4 Å². The van der Waals surface area contributed by atoms with Gasteiger partial charge in [0.15, 0.2) is 4.96 Å². The number of rotatable bonds is 2. The molecule has 0 radical (unpaired) electrons. The highest BCUT2D eigenvalue weighted by molar-refractivity contribution is 7.15. The van der Waals surface area contributed by atoms with E-state index in [1.165, 1.54) is 16.9 Å². The Hall–Kier alpha value is -3.18. The third-order valence-electron chi connectivity index (χ3n) is 5.89. The van der Waals surface area contributed by atoms with E-state index in [1.54, 1.807) is 4.40 Å². The van der Waals surface area contributed by atoms with E-state index in [1.807, 2.05) is 30.3 Å². The van der Waals surface area contributed by atoms with Gasteiger partial charge in [0.25, 0.3) is 5.56 Å². The summed E-state index contributed by atoms with van der Waals surface area (Å²) in [4.78, 5) is 18.5. The molecule has 3 heterocycles. The van der Waals surface area contributed by atoms with Crippen LogP contribution < -0.4 is 10.1 Å². The Morgan fingerprint density at radius 2 is 1.71 bits per heavy atom. The summed E-state index contributed by atoms with van der Waals surface area (Å²) in [6.45, 7) is 10.9. The summed E-state index contributed by atoms with van der Waals surface area (Å²) in [7, 11) is 0. The number of imidazole rings is 1. The fourth-order valence-corrected chi connectivity index (χ4v) is 5.17. The van der Waals surface area contributed by atoms with Crippen molar-refractivity contribution in [3.63, 3.8) is 0 Å². The number of hydrogen-bond donors (Lipinski definition) is 0. The van der Waals surface area contributed by atoms with Crippen LogP contribution >= 0.6 is 11.3 Å². The Bertz CT molecular complexity index is 1540. The molecule has 0 aliphatic carbocycles. The topological polar surface area (TPSA) is 39.3 Å². The molecule has 0 aliphatic heterocycles. The normalized spacial score (nSPS) is 13.0. The monoisotopic (exact) mass is 427 g/mol. The lowest BCUT2D eigenvalue weighted by atomic mass is 9.87. The summed E-state index contributed by atoms with van der Waals surface area (Å²) in [5.74, 6) is 0. The molecule has 5 aromatic rings. The van der Waals surface area contributed by atoms with Crippen molar-refractivity contribution in [3.05, 3.63) is 92.0 Å². The highest BCUT2D eigenvalue weighted by Gasteiger charge is 2.15. The van der Waals surface area contributed by atoms with E-state index in [2.05, 4.69) is 74.5 Å². The largest absolute Gasteiger partial charge is 0.318 e. The summed E-state index contributed by atoms with van der Waals surface area (Å²) < 4.78 is 4.67. The number of aryl methyl sites for hydroxylation is 1. The van der Waals surface area contributed by atoms with Crippen LogP contribution in [0.3, 0.4) is 0 Å². The Kier molecular flexibility index (Phi) is 4.41. The van der Waals surface area contributed by atoms with E-state index in [9.17, 15) is 4.79 Å². The first kappa shape index (κ1) is 19.8. The first-order valence-electron chi connectivity index (χ1n) is 10.5. The molecule has 5 rings (SSSR count). The highest BCUT2D eigenvalue weighted by atomic mass is 32.1. The van der Waals surface area contributed by atoms with Gasteiger partial charge in [0.05, 0.1) is 15.6 Å². The van der Waals surface area contributed by atoms with Crippen molar-refractivity contribution in [1.82, 2.24) is 14.0 Å². The molecule has 0 fully saturated rings. The molecule has 3 aromatic heterocycles. The van der Waals surface area contributed by atoms with Crippen molar-refractivity contribution < 1.29 is 0 Å². The molecule has 0 saturated heterocycles. The van der Waals surface area contributed by atoms with E-state index in [0.29, 0.717) is 4.53 Å². The fraction of sp³-hybridized carbons (Fsp3) is 0.231. The maximum atomic E-state index is 13.1. The van der Waals surface area contributed by atoms with Crippen molar-refractivity contribution in [3.8, 4) is 5.69 Å². The average Bonchev–Trinajstić information content (AvgIpc) is 3.32. The van der Waals surface area contributed by atoms with Crippen LogP contribution in [0.25, 0.3) is 27.8 Å². The zero-order valence-electron chi connectivity index (χ0n) is 18.4. The predicted molar refractivity (Wildman–Crippen MR) is 130 cm³/mol. The first-order chi connectivity index (χ1) is 14.7. The Balaban J connectivity index is 1.62. The number of thiazole rings is 1. The number of nitrogens with zero attached hydrogens (tertiary/aromatic N) is 3. The number of para-hydroxylation sites is 2. The fourth-order valence-electron chi connectivity index (χ4n) is 4.19. The van der Waals surface area contributed by atoms with Crippen molar-refractivity contribution >= 4 is 33.4 Å². The van der Waals surface area contributed by atoms with Gasteiger partial charge in [0.2, 0.25) is 0 Å². The van der Waals surface area contributed by atoms with Crippen LogP contribution in [0.4, 0.5) is 0 Å². The summed E-state index contributed by atoms with van der Waals surface area (Å²) in [6.07, 6.45) is 2.00. The van der Waals surface area contributed by atoms with Crippen LogP contribution in [0.5, 0.6) is 0 Å². The van der Waals surface area contributed by atoms with E-state index >= 15 is 0 Å². The van der Waals surface area contributed by atoms with Crippen LogP contribution in [-0.2, 0) is 5.41 Å². The molecule has 0 aliphatic rings. The van der Waals surface area contributed by atoms with Gasteiger partial charge in [-0.15, -0.1) is 0 Å². The molecule has 0 atom stereocenters. The zero-order valence-corrected chi connectivity index (χ0v) is 19.2. The second-order valence-corrected chi connectivity index (χ2v) is 10.1. The highest BCUT2D eigenvalue weighted by Crippen LogP contribution is 2.26. The van der Waals surface area contributed by atoms with Gasteiger partial charge >= 0.3 is 0 Å². The minimum atomic E-state index is -0.00645. The lowest BCUT2D eigenvalue weighted by Crippen LogP contribution is -2.22. The molecule has 4 nitrogen and oxygen atoms in total. The molecule has 0 N–H and O–H groups in total. The zero-order chi connectivity index (χ0) is 21.9. The Morgan fingerprint density at radius 3 is 2.42 bits per heavy atom. The van der Waals surface area contributed by atoms with Gasteiger partial charge in [-0.3, -0.25) is 4.79 Å². The van der Waals surface area contributed by atoms with Crippen molar-refractivity contribution in [2.24, 2.45) is 0 Å². The van der Waals surface area contributed by atoms with Crippen LogP contribution in [0.15, 0.2) is 59.4 Å². The van der Waals surface area contributed by atoms with Gasteiger partial charge in [0.1, 0.15) is 0 Å². The lowest BCUT2D eigenvalue weighted by molar-refractivity contribution is 0.590. The van der Waals surface area contributed by atoms with E-state index < -0.39 is 0 Å². The third kappa shape index (κ3) is 3.20. The molecule has 31 heavy (non-hydrogen) atoms. The van der Waals surface area contributed by atoms with E-state index in [0.717, 1.165) is 38.6 Å². The summed E-state index contributed by atoms with van der Waals surface area (Å²) in [5.41, 5.74) is 7.62. The molecule has 0 amide bonds. The maximum Gasteiger partial charge on any atom is 0.274 e. The first-order valence-corrected chi connectivity index (χ1v) is 11.3. The van der Waals surface area contributed by atoms with Crippen molar-refractivity contribution in [2.75, 3.05) is 0 Å². The van der Waals surface area contributed by atoms with Crippen LogP contribution in [0.1, 0.15) is 43.3 Å². The summed E-state index contributed by atoms with van der Waals surface area (Å²) in [5, 5.41) is 0. The van der Waals surface area contributed by atoms with Crippen molar-refractivity contribution in [2.45, 2.75) is 40.0 Å². The molecular weight excluding hydrogens is 402 g/mol. The number of aromatic nitrogens is 3. The quantitative estimate of drug-likeness (QED) is 0.390. The standard InChI is InChI=1S/C26H25N3OS/c1-16-14-18(17(2)28(16)20-12-10-19(11-13-20)26(3,4)5)15-23-24(30)29-22-9-7-6-8-21(22)27-25(29)31-23/h6-15H,1-5H3. The van der Waals surface area contributed by atoms with Gasteiger partial charge in [0, 0.05) is 17.1 Å². The average molecular weight is 428 g/mol. The van der Waals surface area contributed by atoms with Gasteiger partial charge in [-0.2, -0.15) is 0 Å². The van der Waals surface area contributed by atoms with Crippen molar-refractivity contribution in [1.29, 1.82) is 0 Å². The predicted octanol–water partition coefficient (Wildman–Crippen LogP) is 5.16. The molecule has 2 aromatic carbocycles. The second-order valence-electron chi connectivity index (χ2n) is 9.09. The van der Waals surface area contributed by atoms with Crippen LogP contribution in [0, 0.1) is 13.8 Å². The van der Waals surface area contributed by atoms with E-state index in [-0.39, 0.29) is 11.0 Å². The van der Waals surface area contributed by atoms with Crippen LogP contribution in [0.2, 0.25) is 0 Å². The lowest BCUT2D eigenvalue weighted by Gasteiger charge is -2.20. The third-order valence-corrected chi connectivity index (χ3v) is 6.86. The summed E-state index contributed by atoms with van der Waals surface area (Å²) in [6, 6.07) is 18.7.